The molecule has 3 heterocycles. The largest absolute Gasteiger partial charge is 0.423 e. The van der Waals surface area contributed by atoms with E-state index < -0.39 is 0 Å². The van der Waals surface area contributed by atoms with Gasteiger partial charge in [-0.25, -0.2) is 0 Å². The van der Waals surface area contributed by atoms with Crippen LogP contribution in [0.1, 0.15) is 78.7 Å². The molecule has 2 fully saturated rings. The van der Waals surface area contributed by atoms with Crippen molar-refractivity contribution in [1.29, 1.82) is 0 Å². The highest BCUT2D eigenvalue weighted by Gasteiger charge is 2.34. The molecule has 30 heavy (non-hydrogen) atoms. The number of benzene rings is 1. The van der Waals surface area contributed by atoms with Crippen LogP contribution in [0.2, 0.25) is 0 Å². The van der Waals surface area contributed by atoms with E-state index in [4.69, 9.17) is 9.15 Å². The summed E-state index contributed by atoms with van der Waals surface area (Å²) in [4.78, 5) is 26.8. The molecule has 2 aliphatic rings. The molecule has 4 rings (SSSR count). The lowest BCUT2D eigenvalue weighted by atomic mass is 9.98. The zero-order valence-corrected chi connectivity index (χ0v) is 17.5. The van der Waals surface area contributed by atoms with Gasteiger partial charge in [-0.05, 0) is 56.7 Å². The first-order valence-electron chi connectivity index (χ1n) is 10.6. The zero-order chi connectivity index (χ0) is 21.1. The molecular formula is C22H28N4O4. The normalized spacial score (nSPS) is 20.2. The molecule has 1 atom stereocenters. The number of nitrogens with zero attached hydrogens (tertiary/aromatic N) is 3. The van der Waals surface area contributed by atoms with Crippen LogP contribution in [-0.2, 0) is 9.53 Å². The van der Waals surface area contributed by atoms with Crippen molar-refractivity contribution in [2.24, 2.45) is 0 Å². The van der Waals surface area contributed by atoms with Crippen molar-refractivity contribution in [2.45, 2.75) is 57.9 Å². The number of piperidine rings is 1. The van der Waals surface area contributed by atoms with Crippen LogP contribution in [0.5, 0.6) is 0 Å². The Bertz CT molecular complexity index is 920. The Labute approximate surface area is 176 Å². The van der Waals surface area contributed by atoms with E-state index in [-0.39, 0.29) is 23.8 Å². The van der Waals surface area contributed by atoms with E-state index in [1.165, 1.54) is 6.92 Å². The third-order valence-corrected chi connectivity index (χ3v) is 5.95. The van der Waals surface area contributed by atoms with Crippen LogP contribution in [0.15, 0.2) is 22.6 Å². The summed E-state index contributed by atoms with van der Waals surface area (Å²) in [6.07, 6.45) is 4.50. The van der Waals surface area contributed by atoms with E-state index in [9.17, 15) is 9.59 Å². The number of ether oxygens (including phenoxy) is 1. The Kier molecular flexibility index (Phi) is 6.13. The van der Waals surface area contributed by atoms with E-state index in [0.29, 0.717) is 42.8 Å². The molecule has 0 aliphatic carbocycles. The molecular weight excluding hydrogens is 384 g/mol. The zero-order valence-electron chi connectivity index (χ0n) is 17.5. The second kappa shape index (κ2) is 8.95. The van der Waals surface area contributed by atoms with Crippen LogP contribution in [0.3, 0.4) is 0 Å². The first-order chi connectivity index (χ1) is 14.5. The highest BCUT2D eigenvalue weighted by Crippen LogP contribution is 2.34. The van der Waals surface area contributed by atoms with Gasteiger partial charge in [0.25, 0.3) is 5.91 Å². The Morgan fingerprint density at radius 2 is 1.87 bits per heavy atom. The number of amides is 2. The maximum atomic E-state index is 13.5. The van der Waals surface area contributed by atoms with Gasteiger partial charge in [0.05, 0.1) is 0 Å². The van der Waals surface area contributed by atoms with Crippen LogP contribution < -0.4 is 5.32 Å². The van der Waals surface area contributed by atoms with Gasteiger partial charge in [0.15, 0.2) is 0 Å². The third-order valence-electron chi connectivity index (χ3n) is 5.95. The molecule has 1 aromatic heterocycles. The van der Waals surface area contributed by atoms with Crippen molar-refractivity contribution in [1.82, 2.24) is 15.1 Å². The molecule has 2 aliphatic heterocycles. The molecule has 0 spiro atoms. The van der Waals surface area contributed by atoms with E-state index in [2.05, 4.69) is 15.5 Å². The fraction of sp³-hybridized carbons (Fsp3) is 0.545. The molecule has 0 saturated carbocycles. The monoisotopic (exact) mass is 412 g/mol. The van der Waals surface area contributed by atoms with Gasteiger partial charge in [-0.15, -0.1) is 10.2 Å². The summed E-state index contributed by atoms with van der Waals surface area (Å²) >= 11 is 0. The number of hydrogen-bond donors (Lipinski definition) is 1. The molecule has 8 nitrogen and oxygen atoms in total. The summed E-state index contributed by atoms with van der Waals surface area (Å²) in [6.45, 7) is 5.37. The maximum absolute atomic E-state index is 13.5. The van der Waals surface area contributed by atoms with Gasteiger partial charge in [0.2, 0.25) is 17.7 Å². The lowest BCUT2D eigenvalue weighted by molar-refractivity contribution is -0.114. The van der Waals surface area contributed by atoms with Gasteiger partial charge in [0, 0.05) is 43.9 Å². The number of carbonyl (C=O) groups excluding carboxylic acids is 2. The molecule has 2 saturated heterocycles. The predicted octanol–water partition coefficient (Wildman–Crippen LogP) is 3.60. The van der Waals surface area contributed by atoms with E-state index >= 15 is 0 Å². The highest BCUT2D eigenvalue weighted by atomic mass is 16.5. The quantitative estimate of drug-likeness (QED) is 0.824. The summed E-state index contributed by atoms with van der Waals surface area (Å²) in [5.41, 5.74) is 1.99. The topological polar surface area (TPSA) is 97.6 Å². The lowest BCUT2D eigenvalue weighted by Gasteiger charge is -2.34. The SMILES string of the molecule is CC(=O)Nc1cccc(C(=O)N2CCCC[C@H]2c2nnc(C3CCOCC3)o2)c1C. The molecule has 1 aromatic carbocycles. The smallest absolute Gasteiger partial charge is 0.254 e. The lowest BCUT2D eigenvalue weighted by Crippen LogP contribution is -2.39. The first-order valence-corrected chi connectivity index (χ1v) is 10.6. The molecule has 2 amide bonds. The summed E-state index contributed by atoms with van der Waals surface area (Å²) in [5, 5.41) is 11.4. The Morgan fingerprint density at radius 1 is 1.10 bits per heavy atom. The van der Waals surface area contributed by atoms with Crippen LogP contribution in [-0.4, -0.2) is 46.7 Å². The minimum Gasteiger partial charge on any atom is -0.423 e. The van der Waals surface area contributed by atoms with Crippen molar-refractivity contribution in [3.8, 4) is 0 Å². The molecule has 0 bridgehead atoms. The number of hydrogen-bond acceptors (Lipinski definition) is 6. The predicted molar refractivity (Wildman–Crippen MR) is 110 cm³/mol. The minimum atomic E-state index is -0.226. The molecule has 8 heteroatoms. The molecule has 160 valence electrons. The van der Waals surface area contributed by atoms with E-state index in [1.807, 2.05) is 11.8 Å². The highest BCUT2D eigenvalue weighted by molar-refractivity contribution is 5.99. The van der Waals surface area contributed by atoms with Crippen molar-refractivity contribution in [2.75, 3.05) is 25.1 Å². The van der Waals surface area contributed by atoms with Crippen molar-refractivity contribution in [3.05, 3.63) is 41.1 Å². The van der Waals surface area contributed by atoms with Crippen LogP contribution >= 0.6 is 0 Å². The second-order valence-electron chi connectivity index (χ2n) is 8.03. The van der Waals surface area contributed by atoms with Gasteiger partial charge in [-0.1, -0.05) is 6.07 Å². The van der Waals surface area contributed by atoms with Gasteiger partial charge in [0.1, 0.15) is 6.04 Å². The molecule has 1 N–H and O–H groups in total. The van der Waals surface area contributed by atoms with Crippen molar-refractivity contribution >= 4 is 17.5 Å². The number of carbonyl (C=O) groups is 2. The van der Waals surface area contributed by atoms with E-state index in [0.717, 1.165) is 37.7 Å². The maximum Gasteiger partial charge on any atom is 0.254 e. The Balaban J connectivity index is 1.58. The number of likely N-dealkylation sites (tertiary alicyclic amines) is 1. The third kappa shape index (κ3) is 4.23. The number of aromatic nitrogens is 2. The average Bonchev–Trinajstić information content (AvgIpc) is 3.25. The molecule has 0 unspecified atom stereocenters. The van der Waals surface area contributed by atoms with Crippen molar-refractivity contribution in [3.63, 3.8) is 0 Å². The van der Waals surface area contributed by atoms with Gasteiger partial charge in [-0.3, -0.25) is 9.59 Å². The van der Waals surface area contributed by atoms with Crippen molar-refractivity contribution < 1.29 is 18.7 Å². The molecule has 2 aromatic rings. The number of anilines is 1. The van der Waals surface area contributed by atoms with Gasteiger partial charge in [-0.2, -0.15) is 0 Å². The fourth-order valence-electron chi connectivity index (χ4n) is 4.27. The van der Waals surface area contributed by atoms with Crippen LogP contribution in [0.4, 0.5) is 5.69 Å². The fourth-order valence-corrected chi connectivity index (χ4v) is 4.27. The summed E-state index contributed by atoms with van der Waals surface area (Å²) in [6, 6.07) is 5.17. The van der Waals surface area contributed by atoms with E-state index in [1.54, 1.807) is 18.2 Å². The second-order valence-corrected chi connectivity index (χ2v) is 8.03. The number of rotatable bonds is 4. The average molecular weight is 412 g/mol. The number of nitrogens with one attached hydrogen (secondary N) is 1. The Hall–Kier alpha value is -2.74. The van der Waals surface area contributed by atoms with Crippen LogP contribution in [0.25, 0.3) is 0 Å². The molecule has 0 radical (unpaired) electrons. The summed E-state index contributed by atoms with van der Waals surface area (Å²) in [5.74, 6) is 1.15. The van der Waals surface area contributed by atoms with Gasteiger partial charge >= 0.3 is 0 Å². The van der Waals surface area contributed by atoms with Gasteiger partial charge < -0.3 is 19.4 Å². The minimum absolute atomic E-state index is 0.0739. The standard InChI is InChI=1S/C22H28N4O4/c1-14-17(6-5-7-18(14)23-15(2)27)22(28)26-11-4-3-8-19(26)21-25-24-20(30-21)16-9-12-29-13-10-16/h5-7,16,19H,3-4,8-13H2,1-2H3,(H,23,27)/t19-/m0/s1. The summed E-state index contributed by atoms with van der Waals surface area (Å²) in [7, 11) is 0. The first kappa shape index (κ1) is 20.5. The van der Waals surface area contributed by atoms with Crippen LogP contribution in [0, 0.1) is 6.92 Å². The Morgan fingerprint density at radius 3 is 2.63 bits per heavy atom. The summed E-state index contributed by atoms with van der Waals surface area (Å²) < 4.78 is 11.5.